The van der Waals surface area contributed by atoms with Crippen molar-refractivity contribution in [2.45, 2.75) is 13.2 Å². The fourth-order valence-corrected chi connectivity index (χ4v) is 2.96. The van der Waals surface area contributed by atoms with Crippen LogP contribution in [0.5, 0.6) is 0 Å². The molecule has 0 aliphatic carbocycles. The van der Waals surface area contributed by atoms with E-state index in [0.717, 1.165) is 41.3 Å². The van der Waals surface area contributed by atoms with Gasteiger partial charge >= 0.3 is 0 Å². The fraction of sp³-hybridized carbons (Fsp3) is 0.150. The Balaban J connectivity index is 1.67. The lowest BCUT2D eigenvalue weighted by Crippen LogP contribution is -2.18. The zero-order valence-electron chi connectivity index (χ0n) is 14.6. The van der Waals surface area contributed by atoms with Crippen LogP contribution in [0.1, 0.15) is 5.56 Å². The SMILES string of the molecule is C[B]c1cnc2c(NCCc3cccnc3)nc(-c3ccccc3)cn12. The Morgan fingerprint density at radius 1 is 1.08 bits per heavy atom. The third kappa shape index (κ3) is 3.31. The van der Waals surface area contributed by atoms with Gasteiger partial charge in [-0.3, -0.25) is 4.98 Å². The molecule has 0 saturated carbocycles. The van der Waals surface area contributed by atoms with Gasteiger partial charge in [-0.2, -0.15) is 0 Å². The summed E-state index contributed by atoms with van der Waals surface area (Å²) in [4.78, 5) is 13.5. The molecule has 0 aliphatic heterocycles. The first-order chi connectivity index (χ1) is 12.8. The van der Waals surface area contributed by atoms with Crippen molar-refractivity contribution in [1.29, 1.82) is 0 Å². The molecular formula is C20H19BN5. The van der Waals surface area contributed by atoms with Gasteiger partial charge in [-0.15, -0.1) is 0 Å². The molecule has 0 bridgehead atoms. The summed E-state index contributed by atoms with van der Waals surface area (Å²) in [7, 11) is 2.05. The number of benzene rings is 1. The van der Waals surface area contributed by atoms with E-state index in [0.29, 0.717) is 0 Å². The Morgan fingerprint density at radius 3 is 2.73 bits per heavy atom. The highest BCUT2D eigenvalue weighted by Gasteiger charge is 2.11. The van der Waals surface area contributed by atoms with Gasteiger partial charge in [0.2, 0.25) is 0 Å². The number of aromatic nitrogens is 4. The van der Waals surface area contributed by atoms with Gasteiger partial charge in [0.25, 0.3) is 0 Å². The summed E-state index contributed by atoms with van der Waals surface area (Å²) in [5, 5.41) is 3.45. The molecule has 127 valence electrons. The van der Waals surface area contributed by atoms with Gasteiger partial charge in [0.05, 0.1) is 5.69 Å². The van der Waals surface area contributed by atoms with Crippen molar-refractivity contribution >= 4 is 24.3 Å². The summed E-state index contributed by atoms with van der Waals surface area (Å²) < 4.78 is 2.09. The number of pyridine rings is 1. The Labute approximate surface area is 153 Å². The van der Waals surface area contributed by atoms with E-state index in [9.17, 15) is 0 Å². The van der Waals surface area contributed by atoms with Crippen molar-refractivity contribution in [3.8, 4) is 11.3 Å². The predicted molar refractivity (Wildman–Crippen MR) is 106 cm³/mol. The van der Waals surface area contributed by atoms with E-state index in [1.54, 1.807) is 6.20 Å². The number of nitrogens with one attached hydrogen (secondary N) is 1. The van der Waals surface area contributed by atoms with Gasteiger partial charge in [-0.05, 0) is 23.6 Å². The van der Waals surface area contributed by atoms with Crippen molar-refractivity contribution < 1.29 is 0 Å². The second kappa shape index (κ2) is 7.39. The molecule has 0 saturated heterocycles. The molecule has 3 heterocycles. The molecule has 6 heteroatoms. The zero-order valence-corrected chi connectivity index (χ0v) is 14.6. The second-order valence-electron chi connectivity index (χ2n) is 6.04. The monoisotopic (exact) mass is 340 g/mol. The van der Waals surface area contributed by atoms with Gasteiger partial charge in [-0.1, -0.05) is 43.2 Å². The van der Waals surface area contributed by atoms with Crippen LogP contribution in [0.3, 0.4) is 0 Å². The van der Waals surface area contributed by atoms with Crippen molar-refractivity contribution in [2.75, 3.05) is 11.9 Å². The molecule has 4 aromatic rings. The number of hydrogen-bond acceptors (Lipinski definition) is 4. The molecule has 0 amide bonds. The molecule has 0 atom stereocenters. The van der Waals surface area contributed by atoms with Crippen LogP contribution in [-0.4, -0.2) is 33.2 Å². The average Bonchev–Trinajstić information content (AvgIpc) is 3.13. The second-order valence-corrected chi connectivity index (χ2v) is 6.04. The molecule has 3 aromatic heterocycles. The van der Waals surface area contributed by atoms with Crippen LogP contribution in [-0.2, 0) is 6.42 Å². The van der Waals surface area contributed by atoms with Crippen molar-refractivity contribution in [3.05, 3.63) is 72.8 Å². The molecule has 0 spiro atoms. The summed E-state index contributed by atoms with van der Waals surface area (Å²) in [5.41, 5.74) is 5.09. The van der Waals surface area contributed by atoms with Gasteiger partial charge in [0.1, 0.15) is 0 Å². The van der Waals surface area contributed by atoms with Crippen LogP contribution in [0, 0.1) is 0 Å². The van der Waals surface area contributed by atoms with Crippen LogP contribution in [0.25, 0.3) is 16.9 Å². The molecule has 1 N–H and O–H groups in total. The standard InChI is InChI=1S/C20H19BN5/c1-21-18-13-24-20-19(23-11-9-15-6-5-10-22-12-15)25-17(14-26(18)20)16-7-3-2-4-8-16/h2-8,10,12-14H,9,11H2,1H3,(H,23,25). The van der Waals surface area contributed by atoms with E-state index >= 15 is 0 Å². The number of anilines is 1. The van der Waals surface area contributed by atoms with Crippen LogP contribution in [0.2, 0.25) is 6.82 Å². The fourth-order valence-electron chi connectivity index (χ4n) is 2.96. The summed E-state index contributed by atoms with van der Waals surface area (Å²) >= 11 is 0. The van der Waals surface area contributed by atoms with E-state index in [1.165, 1.54) is 5.56 Å². The minimum Gasteiger partial charge on any atom is -0.367 e. The molecule has 5 nitrogen and oxygen atoms in total. The summed E-state index contributed by atoms with van der Waals surface area (Å²) in [5.74, 6) is 0.795. The Hall–Kier alpha value is -3.15. The van der Waals surface area contributed by atoms with Crippen LogP contribution in [0.15, 0.2) is 67.3 Å². The number of nitrogens with zero attached hydrogens (tertiary/aromatic N) is 4. The van der Waals surface area contributed by atoms with Crippen LogP contribution in [0.4, 0.5) is 5.82 Å². The van der Waals surface area contributed by atoms with Gasteiger partial charge in [-0.25, -0.2) is 9.97 Å². The van der Waals surface area contributed by atoms with Crippen molar-refractivity contribution in [2.24, 2.45) is 0 Å². The molecule has 1 aromatic carbocycles. The smallest absolute Gasteiger partial charge is 0.179 e. The quantitative estimate of drug-likeness (QED) is 0.549. The molecule has 0 unspecified atom stereocenters. The van der Waals surface area contributed by atoms with Crippen molar-refractivity contribution in [3.63, 3.8) is 0 Å². The Morgan fingerprint density at radius 2 is 1.96 bits per heavy atom. The lowest BCUT2D eigenvalue weighted by Gasteiger charge is -2.11. The molecule has 26 heavy (non-hydrogen) atoms. The van der Waals surface area contributed by atoms with Crippen LogP contribution >= 0.6 is 0 Å². The van der Waals surface area contributed by atoms with Gasteiger partial charge in [0.15, 0.2) is 18.7 Å². The minimum absolute atomic E-state index is 0.768. The van der Waals surface area contributed by atoms with E-state index in [-0.39, 0.29) is 0 Å². The number of imidazole rings is 1. The molecule has 0 aliphatic rings. The average molecular weight is 340 g/mol. The van der Waals surface area contributed by atoms with E-state index < -0.39 is 0 Å². The maximum absolute atomic E-state index is 4.83. The Kier molecular flexibility index (Phi) is 4.64. The topological polar surface area (TPSA) is 55.1 Å². The lowest BCUT2D eigenvalue weighted by atomic mass is 9.78. The van der Waals surface area contributed by atoms with E-state index in [4.69, 9.17) is 4.98 Å². The van der Waals surface area contributed by atoms with Crippen molar-refractivity contribution in [1.82, 2.24) is 19.4 Å². The largest absolute Gasteiger partial charge is 0.367 e. The summed E-state index contributed by atoms with van der Waals surface area (Å²) in [6, 6.07) is 14.2. The zero-order chi connectivity index (χ0) is 17.8. The molecule has 4 rings (SSSR count). The lowest BCUT2D eigenvalue weighted by molar-refractivity contribution is 0.989. The summed E-state index contributed by atoms with van der Waals surface area (Å²) in [6.45, 7) is 2.78. The van der Waals surface area contributed by atoms with Crippen LogP contribution < -0.4 is 10.9 Å². The predicted octanol–water partition coefficient (Wildman–Crippen LogP) is 2.82. The Bertz CT molecular complexity index is 999. The first-order valence-corrected chi connectivity index (χ1v) is 8.71. The summed E-state index contributed by atoms with van der Waals surface area (Å²) in [6.07, 6.45) is 8.48. The highest BCUT2D eigenvalue weighted by molar-refractivity contribution is 6.51. The first-order valence-electron chi connectivity index (χ1n) is 8.71. The molecular weight excluding hydrogens is 321 g/mol. The van der Waals surface area contributed by atoms with E-state index in [1.807, 2.05) is 57.0 Å². The van der Waals surface area contributed by atoms with Gasteiger partial charge in [0, 0.05) is 36.9 Å². The maximum atomic E-state index is 4.83. The van der Waals surface area contributed by atoms with Gasteiger partial charge < -0.3 is 9.72 Å². The highest BCUT2D eigenvalue weighted by atomic mass is 15.1. The maximum Gasteiger partial charge on any atom is 0.179 e. The first kappa shape index (κ1) is 16.3. The number of rotatable bonds is 6. The highest BCUT2D eigenvalue weighted by Crippen LogP contribution is 2.21. The number of hydrogen-bond donors (Lipinski definition) is 1. The number of fused-ring (bicyclic) bond motifs is 1. The molecule has 0 fully saturated rings. The normalized spacial score (nSPS) is 10.8. The van der Waals surface area contributed by atoms with E-state index in [2.05, 4.69) is 37.9 Å². The third-order valence-electron chi connectivity index (χ3n) is 4.32. The third-order valence-corrected chi connectivity index (χ3v) is 4.32. The molecule has 1 radical (unpaired) electrons. The minimum atomic E-state index is 0.768.